The Morgan fingerprint density at radius 3 is 2.35 bits per heavy atom. The number of nitrogens with one attached hydrogen (secondary N) is 1. The van der Waals surface area contributed by atoms with Crippen LogP contribution < -0.4 is 9.62 Å². The Hall–Kier alpha value is -2.35. The first kappa shape index (κ1) is 23.3. The summed E-state index contributed by atoms with van der Waals surface area (Å²) < 4.78 is 28.3. The maximum absolute atomic E-state index is 13.2. The molecular formula is C23H22BrClN2O3S. The van der Waals surface area contributed by atoms with Crippen molar-refractivity contribution in [3.05, 3.63) is 93.9 Å². The van der Waals surface area contributed by atoms with Gasteiger partial charge in [0.25, 0.3) is 10.0 Å². The first-order valence-corrected chi connectivity index (χ1v) is 12.3. The van der Waals surface area contributed by atoms with Gasteiger partial charge in [0.1, 0.15) is 6.54 Å². The van der Waals surface area contributed by atoms with Gasteiger partial charge in [0, 0.05) is 16.0 Å². The molecule has 0 saturated carbocycles. The van der Waals surface area contributed by atoms with E-state index in [1.165, 1.54) is 12.1 Å². The maximum atomic E-state index is 13.2. The molecule has 0 unspecified atom stereocenters. The maximum Gasteiger partial charge on any atom is 0.264 e. The van der Waals surface area contributed by atoms with Crippen LogP contribution in [0.4, 0.5) is 5.69 Å². The molecule has 8 heteroatoms. The number of hydrogen-bond acceptors (Lipinski definition) is 3. The second-order valence-electron chi connectivity index (χ2n) is 6.88. The molecule has 0 aliphatic carbocycles. The molecule has 0 aliphatic rings. The summed E-state index contributed by atoms with van der Waals surface area (Å²) in [5.41, 5.74) is 1.54. The highest BCUT2D eigenvalue weighted by atomic mass is 79.9. The van der Waals surface area contributed by atoms with Gasteiger partial charge in [-0.3, -0.25) is 9.10 Å². The predicted octanol–water partition coefficient (Wildman–Crippen LogP) is 5.05. The fourth-order valence-corrected chi connectivity index (χ4v) is 4.97. The molecular weight excluding hydrogens is 500 g/mol. The summed E-state index contributed by atoms with van der Waals surface area (Å²) in [4.78, 5) is 12.7. The van der Waals surface area contributed by atoms with Crippen LogP contribution in [0.5, 0.6) is 0 Å². The van der Waals surface area contributed by atoms with Crippen molar-refractivity contribution in [1.29, 1.82) is 0 Å². The van der Waals surface area contributed by atoms with Crippen LogP contribution in [0.15, 0.2) is 88.2 Å². The van der Waals surface area contributed by atoms with Crippen LogP contribution in [0.25, 0.3) is 0 Å². The molecule has 0 fully saturated rings. The summed E-state index contributed by atoms with van der Waals surface area (Å²) in [6.07, 6.45) is 1.52. The molecule has 0 aromatic heterocycles. The molecule has 0 aliphatic heterocycles. The highest BCUT2D eigenvalue weighted by Gasteiger charge is 2.27. The third kappa shape index (κ3) is 6.56. The number of hydrogen-bond donors (Lipinski definition) is 1. The molecule has 5 nitrogen and oxygen atoms in total. The molecule has 0 atom stereocenters. The Morgan fingerprint density at radius 2 is 1.68 bits per heavy atom. The molecule has 0 spiro atoms. The molecule has 3 rings (SSSR count). The second kappa shape index (κ2) is 10.8. The molecule has 1 amide bonds. The van der Waals surface area contributed by atoms with Gasteiger partial charge in [-0.05, 0) is 60.9 Å². The molecule has 0 saturated heterocycles. The van der Waals surface area contributed by atoms with Crippen molar-refractivity contribution >= 4 is 49.1 Å². The van der Waals surface area contributed by atoms with E-state index in [1.54, 1.807) is 42.5 Å². The Morgan fingerprint density at radius 1 is 0.968 bits per heavy atom. The molecule has 0 bridgehead atoms. The fourth-order valence-electron chi connectivity index (χ4n) is 3.02. The van der Waals surface area contributed by atoms with Crippen LogP contribution in [-0.2, 0) is 21.2 Å². The number of nitrogens with zero attached hydrogens (tertiary/aromatic N) is 1. The largest absolute Gasteiger partial charge is 0.355 e. The topological polar surface area (TPSA) is 66.5 Å². The normalized spacial score (nSPS) is 11.2. The standard InChI is InChI=1S/C23H22BrClN2O3S/c24-19-7-4-8-21(16-19)27(31(29,30)22-9-2-1-3-10-22)17-23(28)26-15-5-6-18-11-13-20(25)14-12-18/h1-4,7-14,16H,5-6,15,17H2,(H,26,28). The highest BCUT2D eigenvalue weighted by Crippen LogP contribution is 2.26. The van der Waals surface area contributed by atoms with Gasteiger partial charge in [-0.1, -0.05) is 63.9 Å². The Balaban J connectivity index is 1.68. The fraction of sp³-hybridized carbons (Fsp3) is 0.174. The van der Waals surface area contributed by atoms with Crippen molar-refractivity contribution in [1.82, 2.24) is 5.32 Å². The molecule has 0 heterocycles. The number of sulfonamides is 1. The lowest BCUT2D eigenvalue weighted by molar-refractivity contribution is -0.119. The van der Waals surface area contributed by atoms with E-state index in [1.807, 2.05) is 24.3 Å². The summed E-state index contributed by atoms with van der Waals surface area (Å²) in [6.45, 7) is 0.133. The lowest BCUT2D eigenvalue weighted by Gasteiger charge is -2.24. The first-order chi connectivity index (χ1) is 14.9. The minimum atomic E-state index is -3.90. The lowest BCUT2D eigenvalue weighted by atomic mass is 10.1. The van der Waals surface area contributed by atoms with Crippen LogP contribution in [0.2, 0.25) is 5.02 Å². The van der Waals surface area contributed by atoms with Gasteiger partial charge >= 0.3 is 0 Å². The van der Waals surface area contributed by atoms with E-state index >= 15 is 0 Å². The minimum absolute atomic E-state index is 0.130. The van der Waals surface area contributed by atoms with Gasteiger partial charge in [0.05, 0.1) is 10.6 Å². The molecule has 3 aromatic carbocycles. The van der Waals surface area contributed by atoms with Crippen molar-refractivity contribution in [2.24, 2.45) is 0 Å². The quantitative estimate of drug-likeness (QED) is 0.401. The number of halogens is 2. The Bertz CT molecular complexity index is 1120. The number of benzene rings is 3. The van der Waals surface area contributed by atoms with Crippen LogP contribution in [0, 0.1) is 0 Å². The van der Waals surface area contributed by atoms with Gasteiger partial charge < -0.3 is 5.32 Å². The summed E-state index contributed by atoms with van der Waals surface area (Å²) >= 11 is 9.26. The SMILES string of the molecule is O=C(CN(c1cccc(Br)c1)S(=O)(=O)c1ccccc1)NCCCc1ccc(Cl)cc1. The minimum Gasteiger partial charge on any atom is -0.355 e. The first-order valence-electron chi connectivity index (χ1n) is 9.71. The van der Waals surface area contributed by atoms with Crippen molar-refractivity contribution in [3.63, 3.8) is 0 Å². The molecule has 1 N–H and O–H groups in total. The van der Waals surface area contributed by atoms with Crippen LogP contribution >= 0.6 is 27.5 Å². The van der Waals surface area contributed by atoms with Crippen LogP contribution in [0.1, 0.15) is 12.0 Å². The van der Waals surface area contributed by atoms with Crippen molar-refractivity contribution in [3.8, 4) is 0 Å². The Labute approximate surface area is 196 Å². The zero-order chi connectivity index (χ0) is 22.3. The zero-order valence-corrected chi connectivity index (χ0v) is 19.8. The smallest absolute Gasteiger partial charge is 0.264 e. The van der Waals surface area contributed by atoms with Gasteiger partial charge in [-0.2, -0.15) is 0 Å². The second-order valence-corrected chi connectivity index (χ2v) is 10.1. The van der Waals surface area contributed by atoms with E-state index in [-0.39, 0.29) is 17.3 Å². The van der Waals surface area contributed by atoms with Crippen LogP contribution in [-0.4, -0.2) is 27.4 Å². The zero-order valence-electron chi connectivity index (χ0n) is 16.7. The van der Waals surface area contributed by atoms with Crippen LogP contribution in [0.3, 0.4) is 0 Å². The summed E-state index contributed by atoms with van der Waals surface area (Å²) in [6, 6.07) is 22.5. The number of aryl methyl sites for hydroxylation is 1. The van der Waals surface area contributed by atoms with Gasteiger partial charge in [0.15, 0.2) is 0 Å². The number of carbonyl (C=O) groups excluding carboxylic acids is 1. The summed E-state index contributed by atoms with van der Waals surface area (Å²) in [5, 5.41) is 3.50. The van der Waals surface area contributed by atoms with E-state index < -0.39 is 10.0 Å². The van der Waals surface area contributed by atoms with Gasteiger partial charge in [0.2, 0.25) is 5.91 Å². The molecule has 3 aromatic rings. The number of rotatable bonds is 9. The Kier molecular flexibility index (Phi) is 8.12. The van der Waals surface area contributed by atoms with Crippen molar-refractivity contribution in [2.75, 3.05) is 17.4 Å². The predicted molar refractivity (Wildman–Crippen MR) is 128 cm³/mol. The van der Waals surface area contributed by atoms with E-state index in [0.717, 1.165) is 27.2 Å². The van der Waals surface area contributed by atoms with E-state index in [0.29, 0.717) is 17.3 Å². The molecule has 0 radical (unpaired) electrons. The summed E-state index contributed by atoms with van der Waals surface area (Å²) in [5.74, 6) is -0.365. The molecule has 31 heavy (non-hydrogen) atoms. The number of carbonyl (C=O) groups is 1. The van der Waals surface area contributed by atoms with E-state index in [2.05, 4.69) is 21.2 Å². The van der Waals surface area contributed by atoms with E-state index in [4.69, 9.17) is 11.6 Å². The average molecular weight is 522 g/mol. The van der Waals surface area contributed by atoms with Crippen molar-refractivity contribution < 1.29 is 13.2 Å². The summed E-state index contributed by atoms with van der Waals surface area (Å²) in [7, 11) is -3.90. The number of amides is 1. The van der Waals surface area contributed by atoms with Gasteiger partial charge in [-0.25, -0.2) is 8.42 Å². The third-order valence-electron chi connectivity index (χ3n) is 4.59. The van der Waals surface area contributed by atoms with Gasteiger partial charge in [-0.15, -0.1) is 0 Å². The van der Waals surface area contributed by atoms with Crippen molar-refractivity contribution in [2.45, 2.75) is 17.7 Å². The van der Waals surface area contributed by atoms with E-state index in [9.17, 15) is 13.2 Å². The average Bonchev–Trinajstić information content (AvgIpc) is 2.77. The third-order valence-corrected chi connectivity index (χ3v) is 7.13. The lowest BCUT2D eigenvalue weighted by Crippen LogP contribution is -2.41. The highest BCUT2D eigenvalue weighted by molar-refractivity contribution is 9.10. The monoisotopic (exact) mass is 520 g/mol. The molecule has 162 valence electrons. The number of anilines is 1.